The predicted octanol–water partition coefficient (Wildman–Crippen LogP) is 5.81. The molecule has 0 bridgehead atoms. The van der Waals surface area contributed by atoms with E-state index in [9.17, 15) is 23.2 Å². The average molecular weight is 536 g/mol. The van der Waals surface area contributed by atoms with Crippen molar-refractivity contribution in [2.24, 2.45) is 0 Å². The number of alkyl halides is 3. The minimum absolute atomic E-state index is 0.0190. The third kappa shape index (κ3) is 5.70. The maximum Gasteiger partial charge on any atom is 0.416 e. The lowest BCUT2D eigenvalue weighted by molar-refractivity contribution is -0.152. The number of aromatic nitrogens is 3. The second kappa shape index (κ2) is 10.1. The van der Waals surface area contributed by atoms with Gasteiger partial charge in [-0.15, -0.1) is 5.10 Å². The highest BCUT2D eigenvalue weighted by molar-refractivity contribution is 5.75. The molecule has 0 aliphatic carbocycles. The molecule has 1 N–H and O–H groups in total. The van der Waals surface area contributed by atoms with Crippen LogP contribution in [0.4, 0.5) is 30.8 Å². The Morgan fingerprint density at radius 3 is 2.49 bits per heavy atom. The topological polar surface area (TPSA) is 100 Å². The van der Waals surface area contributed by atoms with E-state index in [2.05, 4.69) is 20.2 Å². The number of esters is 1. The summed E-state index contributed by atoms with van der Waals surface area (Å²) in [7, 11) is 0. The number of ether oxygens (including phenoxy) is 1. The van der Waals surface area contributed by atoms with E-state index in [1.54, 1.807) is 52.0 Å². The number of hydrogen-bond acceptors (Lipinski definition) is 7. The van der Waals surface area contributed by atoms with Crippen molar-refractivity contribution in [1.29, 1.82) is 5.26 Å². The summed E-state index contributed by atoms with van der Waals surface area (Å²) in [5.41, 5.74) is 0.170. The quantitative estimate of drug-likeness (QED) is 0.325. The lowest BCUT2D eigenvalue weighted by Gasteiger charge is -2.34. The lowest BCUT2D eigenvalue weighted by atomic mass is 9.99. The Morgan fingerprint density at radius 2 is 1.90 bits per heavy atom. The number of nitrogens with one attached hydrogen (secondary N) is 1. The van der Waals surface area contributed by atoms with Crippen molar-refractivity contribution in [1.82, 2.24) is 14.8 Å². The first-order valence-electron chi connectivity index (χ1n) is 11.8. The second-order valence-electron chi connectivity index (χ2n) is 9.72. The van der Waals surface area contributed by atoms with Crippen molar-refractivity contribution in [2.75, 3.05) is 16.8 Å². The van der Waals surface area contributed by atoms with Crippen molar-refractivity contribution < 1.29 is 22.7 Å². The maximum atomic E-state index is 13.5. The van der Waals surface area contributed by atoms with Crippen LogP contribution in [0.5, 0.6) is 0 Å². The van der Waals surface area contributed by atoms with Crippen LogP contribution in [0.1, 0.15) is 50.4 Å². The molecular weight excluding hydrogens is 511 g/mol. The first-order chi connectivity index (χ1) is 18.3. The molecule has 3 aromatic rings. The summed E-state index contributed by atoms with van der Waals surface area (Å²) < 4.78 is 47.3. The first-order valence-corrected chi connectivity index (χ1v) is 11.8. The molecule has 12 heteroatoms. The zero-order chi connectivity index (χ0) is 28.5. The van der Waals surface area contributed by atoms with Crippen LogP contribution in [-0.4, -0.2) is 32.9 Å². The fraction of sp³-hybridized carbons (Fsp3) is 0.296. The zero-order valence-corrected chi connectivity index (χ0v) is 21.5. The van der Waals surface area contributed by atoms with Crippen LogP contribution in [0.2, 0.25) is 0 Å². The van der Waals surface area contributed by atoms with E-state index >= 15 is 0 Å². The Balaban J connectivity index is 1.84. The molecule has 39 heavy (non-hydrogen) atoms. The van der Waals surface area contributed by atoms with Crippen LogP contribution in [0.3, 0.4) is 0 Å². The molecule has 0 fully saturated rings. The van der Waals surface area contributed by atoms with E-state index in [1.165, 1.54) is 21.7 Å². The van der Waals surface area contributed by atoms with Crippen molar-refractivity contribution >= 4 is 23.6 Å². The molecule has 0 spiro atoms. The van der Waals surface area contributed by atoms with E-state index in [-0.39, 0.29) is 29.8 Å². The molecule has 2 heterocycles. The minimum Gasteiger partial charge on any atom is -0.459 e. The van der Waals surface area contributed by atoms with Gasteiger partial charge < -0.3 is 10.1 Å². The van der Waals surface area contributed by atoms with Gasteiger partial charge in [-0.25, -0.2) is 9.53 Å². The molecular formula is C27H24F3N7O2. The van der Waals surface area contributed by atoms with Gasteiger partial charge in [-0.3, -0.25) is 9.69 Å². The molecule has 9 nitrogen and oxygen atoms in total. The van der Waals surface area contributed by atoms with Gasteiger partial charge in [0.1, 0.15) is 18.2 Å². The van der Waals surface area contributed by atoms with E-state index in [1.807, 2.05) is 6.07 Å². The van der Waals surface area contributed by atoms with E-state index in [0.29, 0.717) is 16.8 Å². The number of halogens is 3. The Labute approximate surface area is 222 Å². The van der Waals surface area contributed by atoms with Gasteiger partial charge in [0.05, 0.1) is 23.8 Å². The molecule has 4 rings (SSSR count). The fourth-order valence-corrected chi connectivity index (χ4v) is 4.13. The summed E-state index contributed by atoms with van der Waals surface area (Å²) in [5, 5.41) is 16.5. The highest BCUT2D eigenvalue weighted by atomic mass is 19.4. The first kappa shape index (κ1) is 27.2. The average Bonchev–Trinajstić information content (AvgIpc) is 3.28. The number of anilines is 3. The number of nitrogens with zero attached hydrogens (tertiary/aromatic N) is 6. The monoisotopic (exact) mass is 535 g/mol. The molecule has 0 unspecified atom stereocenters. The third-order valence-electron chi connectivity index (χ3n) is 5.74. The van der Waals surface area contributed by atoms with Crippen molar-refractivity contribution in [3.8, 4) is 6.07 Å². The number of benzene rings is 2. The van der Waals surface area contributed by atoms with Gasteiger partial charge >= 0.3 is 12.1 Å². The minimum atomic E-state index is -4.58. The molecule has 0 saturated carbocycles. The summed E-state index contributed by atoms with van der Waals surface area (Å²) in [6.45, 7) is 14.5. The Kier molecular flexibility index (Phi) is 7.07. The Morgan fingerprint density at radius 1 is 1.21 bits per heavy atom. The lowest BCUT2D eigenvalue weighted by Crippen LogP contribution is -2.30. The van der Waals surface area contributed by atoms with Crippen LogP contribution in [-0.2, 0) is 15.7 Å². The van der Waals surface area contributed by atoms with Crippen LogP contribution in [0.15, 0.2) is 59.9 Å². The Bertz CT molecular complexity index is 1520. The molecule has 2 aromatic carbocycles. The van der Waals surface area contributed by atoms with E-state index in [4.69, 9.17) is 11.3 Å². The van der Waals surface area contributed by atoms with Crippen molar-refractivity contribution in [3.05, 3.63) is 88.0 Å². The standard InChI is InChI=1S/C27H24F3N7O2/c1-16-22(32-5)23(18-11-9-17(14-31)10-12-18)37-25(34-24(35-37)33-15-21(38)39-26(2,3)4)36(16)20-8-6-7-19(13-20)27(28,29)30/h6-13,23H,15H2,1-4H3,(H,33,35)/t23-/m1/s1. The highest BCUT2D eigenvalue weighted by Gasteiger charge is 2.38. The molecule has 0 radical (unpaired) electrons. The zero-order valence-electron chi connectivity index (χ0n) is 21.5. The van der Waals surface area contributed by atoms with E-state index in [0.717, 1.165) is 12.1 Å². The number of allylic oxidation sites excluding steroid dienone is 2. The Hall–Kier alpha value is -4.84. The normalized spacial score (nSPS) is 15.3. The van der Waals surface area contributed by atoms with Crippen LogP contribution < -0.4 is 10.2 Å². The predicted molar refractivity (Wildman–Crippen MR) is 137 cm³/mol. The van der Waals surface area contributed by atoms with Gasteiger partial charge in [-0.2, -0.15) is 23.4 Å². The third-order valence-corrected chi connectivity index (χ3v) is 5.74. The summed E-state index contributed by atoms with van der Waals surface area (Å²) in [5.74, 6) is -0.393. The summed E-state index contributed by atoms with van der Waals surface area (Å²) >= 11 is 0. The SMILES string of the molecule is [C-]#[N+]C1=C(C)N(c2cccc(C(F)(F)F)c2)c2nc(NCC(=O)OC(C)(C)C)nn2[C@@H]1c1ccc(C#N)cc1. The molecule has 0 saturated heterocycles. The van der Waals surface area contributed by atoms with Gasteiger partial charge in [0, 0.05) is 11.4 Å². The van der Waals surface area contributed by atoms with Gasteiger partial charge in [-0.1, -0.05) is 18.2 Å². The number of carbonyl (C=O) groups excluding carboxylic acids is 1. The number of nitriles is 1. The van der Waals surface area contributed by atoms with Gasteiger partial charge in [-0.05, 0) is 63.6 Å². The van der Waals surface area contributed by atoms with Crippen LogP contribution >= 0.6 is 0 Å². The summed E-state index contributed by atoms with van der Waals surface area (Å²) in [6, 6.07) is 12.5. The van der Waals surface area contributed by atoms with Crippen molar-refractivity contribution in [2.45, 2.75) is 45.5 Å². The fourth-order valence-electron chi connectivity index (χ4n) is 4.13. The molecule has 1 aliphatic rings. The highest BCUT2D eigenvalue weighted by Crippen LogP contribution is 2.44. The van der Waals surface area contributed by atoms with Gasteiger partial charge in [0.15, 0.2) is 0 Å². The number of carbonyl (C=O) groups is 1. The largest absolute Gasteiger partial charge is 0.459 e. The number of hydrogen-bond donors (Lipinski definition) is 1. The van der Waals surface area contributed by atoms with Gasteiger partial charge in [0.2, 0.25) is 17.6 Å². The van der Waals surface area contributed by atoms with Crippen LogP contribution in [0, 0.1) is 17.9 Å². The molecule has 200 valence electrons. The van der Waals surface area contributed by atoms with E-state index < -0.39 is 29.4 Å². The molecule has 1 aliphatic heterocycles. The smallest absolute Gasteiger partial charge is 0.416 e. The van der Waals surface area contributed by atoms with Gasteiger partial charge in [0.25, 0.3) is 0 Å². The van der Waals surface area contributed by atoms with Crippen molar-refractivity contribution in [3.63, 3.8) is 0 Å². The number of fused-ring (bicyclic) bond motifs is 1. The van der Waals surface area contributed by atoms with Crippen LogP contribution in [0.25, 0.3) is 4.85 Å². The summed E-state index contributed by atoms with van der Waals surface area (Å²) in [4.78, 5) is 21.9. The second-order valence-corrected chi connectivity index (χ2v) is 9.72. The number of rotatable bonds is 5. The molecule has 0 amide bonds. The molecule has 1 atom stereocenters. The summed E-state index contributed by atoms with van der Waals surface area (Å²) in [6.07, 6.45) is -4.58. The molecule has 1 aromatic heterocycles. The maximum absolute atomic E-state index is 13.5.